The molecule has 1 aromatic carbocycles. The van der Waals surface area contributed by atoms with Crippen molar-refractivity contribution in [1.29, 1.82) is 0 Å². The van der Waals surface area contributed by atoms with Crippen LogP contribution < -0.4 is 10.6 Å². The fraction of sp³-hybridized carbons (Fsp3) is 0.667. The van der Waals surface area contributed by atoms with E-state index in [9.17, 15) is 0 Å². The van der Waals surface area contributed by atoms with Crippen LogP contribution in [-0.2, 0) is 6.54 Å². The van der Waals surface area contributed by atoms with E-state index in [-0.39, 0.29) is 0 Å². The Labute approximate surface area is 158 Å². The van der Waals surface area contributed by atoms with Crippen LogP contribution in [0.15, 0.2) is 35.3 Å². The van der Waals surface area contributed by atoms with E-state index in [0.29, 0.717) is 12.1 Å². The first-order valence-electron chi connectivity index (χ1n) is 10.2. The smallest absolute Gasteiger partial charge is 0.191 e. The molecule has 144 valence electrons. The van der Waals surface area contributed by atoms with Crippen LogP contribution in [0, 0.1) is 0 Å². The summed E-state index contributed by atoms with van der Waals surface area (Å²) in [6, 6.07) is 11.8. The summed E-state index contributed by atoms with van der Waals surface area (Å²) in [5, 5.41) is 7.13. The summed E-state index contributed by atoms with van der Waals surface area (Å²) in [4.78, 5) is 9.55. The zero-order chi connectivity index (χ0) is 18.2. The predicted molar refractivity (Wildman–Crippen MR) is 110 cm³/mol. The normalized spacial score (nSPS) is 25.4. The summed E-state index contributed by atoms with van der Waals surface area (Å²) in [6.07, 6.45) is 5.26. The Morgan fingerprint density at radius 1 is 1.15 bits per heavy atom. The van der Waals surface area contributed by atoms with Gasteiger partial charge in [-0.25, -0.2) is 0 Å². The maximum absolute atomic E-state index is 4.43. The number of hydrogen-bond donors (Lipinski definition) is 2. The van der Waals surface area contributed by atoms with Gasteiger partial charge in [-0.15, -0.1) is 0 Å². The van der Waals surface area contributed by atoms with E-state index in [4.69, 9.17) is 0 Å². The molecule has 0 radical (unpaired) electrons. The lowest BCUT2D eigenvalue weighted by Crippen LogP contribution is -2.47. The number of nitrogens with zero attached hydrogens (tertiary/aromatic N) is 3. The van der Waals surface area contributed by atoms with Crippen molar-refractivity contribution in [2.24, 2.45) is 4.99 Å². The zero-order valence-electron chi connectivity index (χ0n) is 16.5. The van der Waals surface area contributed by atoms with Gasteiger partial charge in [-0.1, -0.05) is 36.8 Å². The summed E-state index contributed by atoms with van der Waals surface area (Å²) in [7, 11) is 1.87. The lowest BCUT2D eigenvalue weighted by Gasteiger charge is -2.27. The highest BCUT2D eigenvalue weighted by Gasteiger charge is 2.29. The molecular formula is C21H35N5. The number of rotatable bonds is 6. The summed E-state index contributed by atoms with van der Waals surface area (Å²) < 4.78 is 0. The monoisotopic (exact) mass is 357 g/mol. The minimum atomic E-state index is 0.467. The second-order valence-corrected chi connectivity index (χ2v) is 7.74. The Morgan fingerprint density at radius 3 is 2.65 bits per heavy atom. The van der Waals surface area contributed by atoms with E-state index in [1.807, 2.05) is 7.05 Å². The van der Waals surface area contributed by atoms with Crippen molar-refractivity contribution in [3.05, 3.63) is 35.9 Å². The van der Waals surface area contributed by atoms with Crippen LogP contribution in [0.25, 0.3) is 0 Å². The molecule has 2 atom stereocenters. The molecule has 1 aromatic rings. The van der Waals surface area contributed by atoms with Gasteiger partial charge in [0.25, 0.3) is 0 Å². The van der Waals surface area contributed by atoms with Crippen molar-refractivity contribution < 1.29 is 0 Å². The first kappa shape index (κ1) is 19.2. The SMILES string of the molecule is CN=C(NCCN1CCCCC1)NC1CC(C)N(Cc2ccccc2)C1. The molecule has 2 unspecified atom stereocenters. The van der Waals surface area contributed by atoms with Gasteiger partial charge in [0.1, 0.15) is 0 Å². The van der Waals surface area contributed by atoms with E-state index in [1.165, 1.54) is 44.3 Å². The van der Waals surface area contributed by atoms with Crippen LogP contribution in [-0.4, -0.2) is 67.6 Å². The zero-order valence-corrected chi connectivity index (χ0v) is 16.5. The van der Waals surface area contributed by atoms with Gasteiger partial charge in [-0.3, -0.25) is 9.89 Å². The molecule has 0 aliphatic carbocycles. The maximum atomic E-state index is 4.43. The number of piperidine rings is 1. The van der Waals surface area contributed by atoms with Gasteiger partial charge < -0.3 is 15.5 Å². The molecule has 2 saturated heterocycles. The maximum Gasteiger partial charge on any atom is 0.191 e. The third kappa shape index (κ3) is 5.71. The molecule has 0 spiro atoms. The number of hydrogen-bond acceptors (Lipinski definition) is 3. The minimum Gasteiger partial charge on any atom is -0.355 e. The van der Waals surface area contributed by atoms with Crippen molar-refractivity contribution in [2.45, 2.75) is 51.2 Å². The van der Waals surface area contributed by atoms with Crippen molar-refractivity contribution in [3.8, 4) is 0 Å². The van der Waals surface area contributed by atoms with Gasteiger partial charge in [0, 0.05) is 45.3 Å². The lowest BCUT2D eigenvalue weighted by atomic mass is 10.1. The number of nitrogens with one attached hydrogen (secondary N) is 2. The number of benzene rings is 1. The lowest BCUT2D eigenvalue weighted by molar-refractivity contribution is 0.232. The van der Waals surface area contributed by atoms with Crippen LogP contribution in [0.2, 0.25) is 0 Å². The van der Waals surface area contributed by atoms with Crippen LogP contribution >= 0.6 is 0 Å². The number of guanidine groups is 1. The molecule has 0 saturated carbocycles. The fourth-order valence-electron chi connectivity index (χ4n) is 4.14. The molecule has 26 heavy (non-hydrogen) atoms. The van der Waals surface area contributed by atoms with Gasteiger partial charge in [0.15, 0.2) is 5.96 Å². The van der Waals surface area contributed by atoms with E-state index in [0.717, 1.165) is 32.1 Å². The molecule has 5 nitrogen and oxygen atoms in total. The van der Waals surface area contributed by atoms with E-state index >= 15 is 0 Å². The second kappa shape index (κ2) is 9.93. The molecular weight excluding hydrogens is 322 g/mol. The molecule has 3 rings (SSSR count). The molecule has 2 heterocycles. The summed E-state index contributed by atoms with van der Waals surface area (Å²) in [5.74, 6) is 0.945. The molecule has 2 aliphatic heterocycles. The Bertz CT molecular complexity index is 553. The van der Waals surface area contributed by atoms with Gasteiger partial charge in [0.05, 0.1) is 0 Å². The van der Waals surface area contributed by atoms with E-state index < -0.39 is 0 Å². The molecule has 0 amide bonds. The van der Waals surface area contributed by atoms with Crippen LogP contribution in [0.5, 0.6) is 0 Å². The molecule has 0 aromatic heterocycles. The summed E-state index contributed by atoms with van der Waals surface area (Å²) in [6.45, 7) is 9.02. The van der Waals surface area contributed by atoms with E-state index in [2.05, 4.69) is 62.7 Å². The summed E-state index contributed by atoms with van der Waals surface area (Å²) >= 11 is 0. The molecule has 5 heteroatoms. The average molecular weight is 358 g/mol. The predicted octanol–water partition coefficient (Wildman–Crippen LogP) is 2.30. The first-order chi connectivity index (χ1) is 12.7. The molecule has 2 N–H and O–H groups in total. The summed E-state index contributed by atoms with van der Waals surface area (Å²) in [5.41, 5.74) is 1.39. The number of likely N-dealkylation sites (tertiary alicyclic amines) is 2. The van der Waals surface area contributed by atoms with Crippen molar-refractivity contribution in [2.75, 3.05) is 39.8 Å². The Morgan fingerprint density at radius 2 is 1.92 bits per heavy atom. The quantitative estimate of drug-likeness (QED) is 0.606. The van der Waals surface area contributed by atoms with Crippen LogP contribution in [0.3, 0.4) is 0 Å². The Balaban J connectivity index is 1.40. The van der Waals surface area contributed by atoms with Gasteiger partial charge in [-0.2, -0.15) is 0 Å². The minimum absolute atomic E-state index is 0.467. The second-order valence-electron chi connectivity index (χ2n) is 7.74. The Hall–Kier alpha value is -1.59. The van der Waals surface area contributed by atoms with Gasteiger partial charge in [-0.05, 0) is 44.8 Å². The third-order valence-electron chi connectivity index (χ3n) is 5.67. The standard InChI is InChI=1S/C21H35N5/c1-18-15-20(17-26(18)16-19-9-5-3-6-10-19)24-21(22-2)23-11-14-25-12-7-4-8-13-25/h3,5-6,9-10,18,20H,4,7-8,11-17H2,1-2H3,(H2,22,23,24). The highest BCUT2D eigenvalue weighted by Crippen LogP contribution is 2.20. The molecule has 2 aliphatic rings. The third-order valence-corrected chi connectivity index (χ3v) is 5.67. The van der Waals surface area contributed by atoms with Crippen LogP contribution in [0.4, 0.5) is 0 Å². The van der Waals surface area contributed by atoms with Crippen molar-refractivity contribution >= 4 is 5.96 Å². The molecule has 0 bridgehead atoms. The van der Waals surface area contributed by atoms with Gasteiger partial charge in [0.2, 0.25) is 0 Å². The largest absolute Gasteiger partial charge is 0.355 e. The Kier molecular flexibility index (Phi) is 7.32. The number of aliphatic imine (C=N–C) groups is 1. The first-order valence-corrected chi connectivity index (χ1v) is 10.2. The highest BCUT2D eigenvalue weighted by molar-refractivity contribution is 5.80. The van der Waals surface area contributed by atoms with Crippen molar-refractivity contribution in [3.63, 3.8) is 0 Å². The van der Waals surface area contributed by atoms with Crippen LogP contribution in [0.1, 0.15) is 38.2 Å². The van der Waals surface area contributed by atoms with Gasteiger partial charge >= 0.3 is 0 Å². The topological polar surface area (TPSA) is 42.9 Å². The van der Waals surface area contributed by atoms with Crippen molar-refractivity contribution in [1.82, 2.24) is 20.4 Å². The highest BCUT2D eigenvalue weighted by atomic mass is 15.3. The van der Waals surface area contributed by atoms with E-state index in [1.54, 1.807) is 0 Å². The fourth-order valence-corrected chi connectivity index (χ4v) is 4.14. The molecule has 2 fully saturated rings. The average Bonchev–Trinajstić information content (AvgIpc) is 3.01.